The van der Waals surface area contributed by atoms with Gasteiger partial charge in [0.25, 0.3) is 5.56 Å². The van der Waals surface area contributed by atoms with Gasteiger partial charge in [-0.05, 0) is 6.07 Å². The van der Waals surface area contributed by atoms with E-state index in [4.69, 9.17) is 5.73 Å². The maximum absolute atomic E-state index is 11.4. The van der Waals surface area contributed by atoms with Gasteiger partial charge in [-0.15, -0.1) is 0 Å². The van der Waals surface area contributed by atoms with Gasteiger partial charge in [-0.1, -0.05) is 6.07 Å². The van der Waals surface area contributed by atoms with E-state index in [9.17, 15) is 4.79 Å². The van der Waals surface area contributed by atoms with E-state index in [1.807, 2.05) is 0 Å². The zero-order valence-electron chi connectivity index (χ0n) is 8.00. The molecule has 0 radical (unpaired) electrons. The first-order valence-corrected chi connectivity index (χ1v) is 4.47. The van der Waals surface area contributed by atoms with Crippen molar-refractivity contribution in [3.05, 3.63) is 52.8 Å². The number of hydrogen-bond donors (Lipinski definition) is 1. The van der Waals surface area contributed by atoms with E-state index in [-0.39, 0.29) is 5.56 Å². The minimum absolute atomic E-state index is 0.0591. The van der Waals surface area contributed by atoms with Crippen molar-refractivity contribution >= 4 is 5.82 Å². The zero-order chi connectivity index (χ0) is 10.7. The predicted octanol–water partition coefficient (Wildman–Crippen LogP) is 0.269. The molecule has 2 aromatic rings. The standard InChI is InChI=1S/C10H10N4O/c11-9-6-12-8(5-13-9)7-14-4-2-1-3-10(14)15/h1-6H,7H2,(H2,11,13). The lowest BCUT2D eigenvalue weighted by molar-refractivity contribution is 0.735. The first-order chi connectivity index (χ1) is 7.25. The average molecular weight is 202 g/mol. The van der Waals surface area contributed by atoms with Gasteiger partial charge in [0.1, 0.15) is 5.82 Å². The number of nitrogen functional groups attached to an aromatic ring is 1. The Hall–Kier alpha value is -2.17. The number of anilines is 1. The van der Waals surface area contributed by atoms with Crippen molar-refractivity contribution in [3.8, 4) is 0 Å². The first-order valence-electron chi connectivity index (χ1n) is 4.47. The molecule has 0 unspecified atom stereocenters. The minimum atomic E-state index is -0.0591. The molecule has 15 heavy (non-hydrogen) atoms. The molecule has 0 aliphatic carbocycles. The molecule has 0 aliphatic rings. The summed E-state index contributed by atoms with van der Waals surface area (Å²) in [6, 6.07) is 5.00. The van der Waals surface area contributed by atoms with Gasteiger partial charge in [0.2, 0.25) is 0 Å². The number of rotatable bonds is 2. The van der Waals surface area contributed by atoms with E-state index >= 15 is 0 Å². The monoisotopic (exact) mass is 202 g/mol. The van der Waals surface area contributed by atoms with E-state index in [0.717, 1.165) is 0 Å². The van der Waals surface area contributed by atoms with Gasteiger partial charge >= 0.3 is 0 Å². The second-order valence-corrected chi connectivity index (χ2v) is 3.10. The summed E-state index contributed by atoms with van der Waals surface area (Å²) in [7, 11) is 0. The van der Waals surface area contributed by atoms with Crippen molar-refractivity contribution in [2.24, 2.45) is 0 Å². The number of nitrogens with zero attached hydrogens (tertiary/aromatic N) is 3. The van der Waals surface area contributed by atoms with Crippen LogP contribution in [0.4, 0.5) is 5.82 Å². The molecule has 0 aliphatic heterocycles. The second kappa shape index (κ2) is 3.91. The minimum Gasteiger partial charge on any atom is -0.382 e. The number of pyridine rings is 1. The summed E-state index contributed by atoms with van der Waals surface area (Å²) in [4.78, 5) is 19.4. The molecular weight excluding hydrogens is 192 g/mol. The van der Waals surface area contributed by atoms with Crippen LogP contribution in [0.15, 0.2) is 41.6 Å². The van der Waals surface area contributed by atoms with Crippen LogP contribution in [0.5, 0.6) is 0 Å². The molecule has 0 spiro atoms. The molecule has 2 heterocycles. The fourth-order valence-corrected chi connectivity index (χ4v) is 1.21. The molecular formula is C10H10N4O. The van der Waals surface area contributed by atoms with Crippen LogP contribution in [-0.4, -0.2) is 14.5 Å². The van der Waals surface area contributed by atoms with Crippen LogP contribution in [0.1, 0.15) is 5.69 Å². The van der Waals surface area contributed by atoms with Crippen molar-refractivity contribution in [3.63, 3.8) is 0 Å². The van der Waals surface area contributed by atoms with E-state index < -0.39 is 0 Å². The average Bonchev–Trinajstić information content (AvgIpc) is 2.25. The van der Waals surface area contributed by atoms with Gasteiger partial charge in [0.05, 0.1) is 24.6 Å². The van der Waals surface area contributed by atoms with Crippen LogP contribution in [0.3, 0.4) is 0 Å². The van der Waals surface area contributed by atoms with Crippen LogP contribution in [0.25, 0.3) is 0 Å². The Balaban J connectivity index is 2.26. The number of hydrogen-bond acceptors (Lipinski definition) is 4. The Morgan fingerprint density at radius 1 is 1.27 bits per heavy atom. The highest BCUT2D eigenvalue weighted by atomic mass is 16.1. The third kappa shape index (κ3) is 2.19. The molecule has 0 saturated carbocycles. The summed E-state index contributed by atoms with van der Waals surface area (Å²) in [6.07, 6.45) is 4.75. The summed E-state index contributed by atoms with van der Waals surface area (Å²) >= 11 is 0. The molecule has 2 N–H and O–H groups in total. The lowest BCUT2D eigenvalue weighted by Gasteiger charge is -2.03. The van der Waals surface area contributed by atoms with Gasteiger partial charge in [-0.2, -0.15) is 0 Å². The van der Waals surface area contributed by atoms with Crippen molar-refractivity contribution < 1.29 is 0 Å². The van der Waals surface area contributed by atoms with Crippen LogP contribution >= 0.6 is 0 Å². The molecule has 0 fully saturated rings. The van der Waals surface area contributed by atoms with Crippen LogP contribution in [0.2, 0.25) is 0 Å². The molecule has 0 atom stereocenters. The third-order valence-electron chi connectivity index (χ3n) is 1.96. The van der Waals surface area contributed by atoms with Crippen molar-refractivity contribution in [2.45, 2.75) is 6.54 Å². The fraction of sp³-hybridized carbons (Fsp3) is 0.100. The van der Waals surface area contributed by atoms with Gasteiger partial charge in [0.15, 0.2) is 0 Å². The molecule has 2 aromatic heterocycles. The van der Waals surface area contributed by atoms with E-state index in [0.29, 0.717) is 18.1 Å². The molecule has 5 nitrogen and oxygen atoms in total. The third-order valence-corrected chi connectivity index (χ3v) is 1.96. The summed E-state index contributed by atoms with van der Waals surface area (Å²) in [5, 5.41) is 0. The normalized spacial score (nSPS) is 10.1. The van der Waals surface area contributed by atoms with Crippen molar-refractivity contribution in [1.29, 1.82) is 0 Å². The summed E-state index contributed by atoms with van der Waals surface area (Å²) in [5.74, 6) is 0.374. The highest BCUT2D eigenvalue weighted by molar-refractivity contribution is 5.22. The topological polar surface area (TPSA) is 73.8 Å². The quantitative estimate of drug-likeness (QED) is 0.758. The summed E-state index contributed by atoms with van der Waals surface area (Å²) in [6.45, 7) is 0.410. The Morgan fingerprint density at radius 3 is 2.80 bits per heavy atom. The van der Waals surface area contributed by atoms with Crippen LogP contribution < -0.4 is 11.3 Å². The first kappa shape index (κ1) is 9.39. The largest absolute Gasteiger partial charge is 0.382 e. The Labute approximate surface area is 86.2 Å². The maximum Gasteiger partial charge on any atom is 0.250 e. The van der Waals surface area contributed by atoms with Crippen LogP contribution in [-0.2, 0) is 6.54 Å². The number of aromatic nitrogens is 3. The molecule has 0 aromatic carbocycles. The smallest absolute Gasteiger partial charge is 0.250 e. The second-order valence-electron chi connectivity index (χ2n) is 3.10. The van der Waals surface area contributed by atoms with Crippen molar-refractivity contribution in [2.75, 3.05) is 5.73 Å². The molecule has 0 amide bonds. The lowest BCUT2D eigenvalue weighted by atomic mass is 10.4. The Kier molecular flexibility index (Phi) is 2.45. The summed E-state index contributed by atoms with van der Waals surface area (Å²) < 4.78 is 1.56. The Bertz CT molecular complexity index is 503. The number of nitrogens with two attached hydrogens (primary N) is 1. The highest BCUT2D eigenvalue weighted by Gasteiger charge is 1.98. The fourth-order valence-electron chi connectivity index (χ4n) is 1.21. The van der Waals surface area contributed by atoms with Gasteiger partial charge in [-0.3, -0.25) is 9.78 Å². The van der Waals surface area contributed by atoms with E-state index in [1.165, 1.54) is 12.3 Å². The van der Waals surface area contributed by atoms with Crippen molar-refractivity contribution in [1.82, 2.24) is 14.5 Å². The molecule has 0 bridgehead atoms. The van der Waals surface area contributed by atoms with Gasteiger partial charge < -0.3 is 10.3 Å². The molecule has 0 saturated heterocycles. The van der Waals surface area contributed by atoms with Gasteiger partial charge in [0, 0.05) is 12.3 Å². The molecule has 2 rings (SSSR count). The highest BCUT2D eigenvalue weighted by Crippen LogP contribution is 1.97. The van der Waals surface area contributed by atoms with E-state index in [2.05, 4.69) is 9.97 Å². The molecule has 5 heteroatoms. The molecule has 76 valence electrons. The lowest BCUT2D eigenvalue weighted by Crippen LogP contribution is -2.18. The zero-order valence-corrected chi connectivity index (χ0v) is 8.00. The van der Waals surface area contributed by atoms with Gasteiger partial charge in [-0.25, -0.2) is 4.98 Å². The Morgan fingerprint density at radius 2 is 2.13 bits per heavy atom. The maximum atomic E-state index is 11.4. The SMILES string of the molecule is Nc1cnc(Cn2ccccc2=O)cn1. The van der Waals surface area contributed by atoms with E-state index in [1.54, 1.807) is 29.1 Å². The predicted molar refractivity (Wildman–Crippen MR) is 56.2 cm³/mol. The summed E-state index contributed by atoms with van der Waals surface area (Å²) in [5.41, 5.74) is 6.05. The van der Waals surface area contributed by atoms with Crippen LogP contribution in [0, 0.1) is 0 Å².